The van der Waals surface area contributed by atoms with Crippen LogP contribution in [0.3, 0.4) is 0 Å². The van der Waals surface area contributed by atoms with Gasteiger partial charge in [0.05, 0.1) is 22.5 Å². The number of aromatic nitrogens is 2. The molecule has 1 N–H and O–H groups in total. The number of carbonyl (C=O) groups is 1. The molecule has 0 spiro atoms. The molecular weight excluding hydrogens is 240 g/mol. The van der Waals surface area contributed by atoms with Crippen molar-refractivity contribution in [2.24, 2.45) is 0 Å². The molecular formula is C12H11ClN2O2. The van der Waals surface area contributed by atoms with Gasteiger partial charge in [-0.3, -0.25) is 0 Å². The number of benzene rings is 1. The van der Waals surface area contributed by atoms with E-state index in [2.05, 4.69) is 5.10 Å². The summed E-state index contributed by atoms with van der Waals surface area (Å²) < 4.78 is 1.49. The van der Waals surface area contributed by atoms with E-state index in [0.717, 1.165) is 11.1 Å². The van der Waals surface area contributed by atoms with E-state index < -0.39 is 5.97 Å². The summed E-state index contributed by atoms with van der Waals surface area (Å²) in [5.74, 6) is -1.00. The summed E-state index contributed by atoms with van der Waals surface area (Å²) in [6.07, 6.45) is 2.75. The van der Waals surface area contributed by atoms with Crippen molar-refractivity contribution in [1.82, 2.24) is 9.78 Å². The van der Waals surface area contributed by atoms with E-state index in [1.807, 2.05) is 26.0 Å². The summed E-state index contributed by atoms with van der Waals surface area (Å²) in [6, 6.07) is 3.80. The number of hydrogen-bond acceptors (Lipinski definition) is 2. The van der Waals surface area contributed by atoms with Crippen LogP contribution in [-0.4, -0.2) is 20.9 Å². The summed E-state index contributed by atoms with van der Waals surface area (Å²) in [5, 5.41) is 13.4. The van der Waals surface area contributed by atoms with Crippen LogP contribution in [0.25, 0.3) is 5.69 Å². The van der Waals surface area contributed by atoms with Crippen LogP contribution in [-0.2, 0) is 0 Å². The zero-order valence-electron chi connectivity index (χ0n) is 9.44. The lowest BCUT2D eigenvalue weighted by molar-refractivity contribution is 0.0697. The molecule has 88 valence electrons. The number of hydrogen-bond donors (Lipinski definition) is 1. The minimum Gasteiger partial charge on any atom is -0.478 e. The van der Waals surface area contributed by atoms with E-state index in [4.69, 9.17) is 16.7 Å². The normalized spacial score (nSPS) is 10.5. The minimum absolute atomic E-state index is 0.140. The number of aromatic carboxylic acids is 1. The van der Waals surface area contributed by atoms with Gasteiger partial charge in [0.1, 0.15) is 0 Å². The van der Waals surface area contributed by atoms with Gasteiger partial charge in [0, 0.05) is 6.20 Å². The molecule has 2 aromatic rings. The summed E-state index contributed by atoms with van der Waals surface area (Å²) in [5.41, 5.74) is 2.86. The van der Waals surface area contributed by atoms with Gasteiger partial charge in [0.2, 0.25) is 0 Å². The van der Waals surface area contributed by atoms with Crippen LogP contribution in [0.5, 0.6) is 0 Å². The lowest BCUT2D eigenvalue weighted by atomic mass is 10.1. The van der Waals surface area contributed by atoms with Crippen molar-refractivity contribution in [2.45, 2.75) is 13.8 Å². The third kappa shape index (κ3) is 2.17. The van der Waals surface area contributed by atoms with Crippen LogP contribution in [0.15, 0.2) is 24.5 Å². The molecule has 5 heteroatoms. The molecule has 0 amide bonds. The van der Waals surface area contributed by atoms with Gasteiger partial charge in [0.25, 0.3) is 0 Å². The van der Waals surface area contributed by atoms with E-state index >= 15 is 0 Å². The molecule has 4 nitrogen and oxygen atoms in total. The topological polar surface area (TPSA) is 55.1 Å². The second kappa shape index (κ2) is 4.22. The molecule has 0 aliphatic carbocycles. The quantitative estimate of drug-likeness (QED) is 0.892. The maximum absolute atomic E-state index is 10.8. The second-order valence-corrected chi connectivity index (χ2v) is 4.30. The first kappa shape index (κ1) is 11.7. The fourth-order valence-corrected chi connectivity index (χ4v) is 2.16. The number of carboxylic acid groups (broad SMARTS) is 1. The Bertz CT molecular complexity index is 567. The van der Waals surface area contributed by atoms with Gasteiger partial charge in [0.15, 0.2) is 0 Å². The highest BCUT2D eigenvalue weighted by Gasteiger charge is 2.11. The predicted octanol–water partition coefficient (Wildman–Crippen LogP) is 2.84. The van der Waals surface area contributed by atoms with Gasteiger partial charge in [-0.25, -0.2) is 9.48 Å². The average Bonchev–Trinajstić information content (AvgIpc) is 2.65. The van der Waals surface area contributed by atoms with Crippen molar-refractivity contribution in [1.29, 1.82) is 0 Å². The molecule has 0 fully saturated rings. The summed E-state index contributed by atoms with van der Waals surface area (Å²) >= 11 is 6.15. The molecule has 1 heterocycles. The van der Waals surface area contributed by atoms with E-state index in [1.54, 1.807) is 0 Å². The van der Waals surface area contributed by atoms with E-state index in [-0.39, 0.29) is 5.56 Å². The maximum Gasteiger partial charge on any atom is 0.338 e. The highest BCUT2D eigenvalue weighted by atomic mass is 35.5. The molecule has 0 radical (unpaired) electrons. The van der Waals surface area contributed by atoms with Gasteiger partial charge >= 0.3 is 5.97 Å². The first-order chi connectivity index (χ1) is 7.99. The molecule has 0 atom stereocenters. The van der Waals surface area contributed by atoms with Crippen molar-refractivity contribution < 1.29 is 9.90 Å². The second-order valence-electron chi connectivity index (χ2n) is 3.89. The Morgan fingerprint density at radius 2 is 2.12 bits per heavy atom. The van der Waals surface area contributed by atoms with Gasteiger partial charge in [-0.2, -0.15) is 5.10 Å². The summed E-state index contributed by atoms with van der Waals surface area (Å²) in [4.78, 5) is 10.8. The Kier molecular flexibility index (Phi) is 2.90. The SMILES string of the molecule is Cc1cc(C)c(-n2cc(C(=O)O)cn2)c(Cl)c1. The molecule has 2 rings (SSSR count). The zero-order chi connectivity index (χ0) is 12.6. The Labute approximate surface area is 103 Å². The molecule has 0 saturated carbocycles. The lowest BCUT2D eigenvalue weighted by Crippen LogP contribution is -2.00. The molecule has 0 aliphatic rings. The first-order valence-electron chi connectivity index (χ1n) is 5.04. The highest BCUT2D eigenvalue weighted by Crippen LogP contribution is 2.25. The van der Waals surface area contributed by atoms with Gasteiger partial charge in [-0.15, -0.1) is 0 Å². The van der Waals surface area contributed by atoms with Crippen molar-refractivity contribution in [3.8, 4) is 5.69 Å². The summed E-state index contributed by atoms with van der Waals surface area (Å²) in [6.45, 7) is 3.87. The first-order valence-corrected chi connectivity index (χ1v) is 5.42. The van der Waals surface area contributed by atoms with Gasteiger partial charge < -0.3 is 5.11 Å². The third-order valence-electron chi connectivity index (χ3n) is 2.46. The predicted molar refractivity (Wildman–Crippen MR) is 65.0 cm³/mol. The molecule has 0 bridgehead atoms. The van der Waals surface area contributed by atoms with Crippen LogP contribution in [0, 0.1) is 13.8 Å². The lowest BCUT2D eigenvalue weighted by Gasteiger charge is -2.09. The van der Waals surface area contributed by atoms with Gasteiger partial charge in [-0.1, -0.05) is 17.7 Å². The van der Waals surface area contributed by atoms with Crippen LogP contribution in [0.1, 0.15) is 21.5 Å². The number of aryl methyl sites for hydroxylation is 2. The van der Waals surface area contributed by atoms with Crippen LogP contribution >= 0.6 is 11.6 Å². The van der Waals surface area contributed by atoms with Crippen LogP contribution in [0.4, 0.5) is 0 Å². The average molecular weight is 251 g/mol. The number of rotatable bonds is 2. The molecule has 0 unspecified atom stereocenters. The molecule has 0 aliphatic heterocycles. The van der Waals surface area contributed by atoms with Crippen molar-refractivity contribution in [2.75, 3.05) is 0 Å². The fraction of sp³-hybridized carbons (Fsp3) is 0.167. The van der Waals surface area contributed by atoms with E-state index in [9.17, 15) is 4.79 Å². The van der Waals surface area contributed by atoms with E-state index in [1.165, 1.54) is 17.1 Å². The van der Waals surface area contributed by atoms with Crippen molar-refractivity contribution >= 4 is 17.6 Å². The Hall–Kier alpha value is -1.81. The largest absolute Gasteiger partial charge is 0.478 e. The fourth-order valence-electron chi connectivity index (χ4n) is 1.75. The minimum atomic E-state index is -1.00. The Morgan fingerprint density at radius 3 is 2.65 bits per heavy atom. The monoisotopic (exact) mass is 250 g/mol. The smallest absolute Gasteiger partial charge is 0.338 e. The van der Waals surface area contributed by atoms with E-state index in [0.29, 0.717) is 10.7 Å². The zero-order valence-corrected chi connectivity index (χ0v) is 10.2. The van der Waals surface area contributed by atoms with Crippen molar-refractivity contribution in [3.63, 3.8) is 0 Å². The molecule has 1 aromatic heterocycles. The van der Waals surface area contributed by atoms with Gasteiger partial charge in [-0.05, 0) is 31.0 Å². The van der Waals surface area contributed by atoms with Crippen LogP contribution < -0.4 is 0 Å². The van der Waals surface area contributed by atoms with Crippen molar-refractivity contribution in [3.05, 3.63) is 46.2 Å². The molecule has 0 saturated heterocycles. The third-order valence-corrected chi connectivity index (χ3v) is 2.75. The maximum atomic E-state index is 10.8. The Morgan fingerprint density at radius 1 is 1.41 bits per heavy atom. The standard InChI is InChI=1S/C12H11ClN2O2/c1-7-3-8(2)11(10(13)4-7)15-6-9(5-14-15)12(16)17/h3-6H,1-2H3,(H,16,17). The number of halogens is 1. The Balaban J connectivity index is 2.56. The molecule has 1 aromatic carbocycles. The number of nitrogens with zero attached hydrogens (tertiary/aromatic N) is 2. The number of carboxylic acids is 1. The highest BCUT2D eigenvalue weighted by molar-refractivity contribution is 6.32. The molecule has 17 heavy (non-hydrogen) atoms. The van der Waals surface area contributed by atoms with Crippen LogP contribution in [0.2, 0.25) is 5.02 Å². The summed E-state index contributed by atoms with van der Waals surface area (Å²) in [7, 11) is 0.